The molecule has 0 aliphatic carbocycles. The van der Waals surface area contributed by atoms with Gasteiger partial charge in [-0.1, -0.05) is 11.8 Å². The van der Waals surface area contributed by atoms with Crippen LogP contribution in [0, 0.1) is 11.8 Å². The summed E-state index contributed by atoms with van der Waals surface area (Å²) in [6, 6.07) is 6.99. The van der Waals surface area contributed by atoms with Crippen molar-refractivity contribution in [2.45, 2.75) is 43.6 Å². The second kappa shape index (κ2) is 10.0. The number of unbranched alkanes of at least 4 members (excludes halogenated alkanes) is 1. The number of hydrogen-bond donors (Lipinski definition) is 2. The number of aryl methyl sites for hydroxylation is 1. The fourth-order valence-electron chi connectivity index (χ4n) is 3.36. The zero-order valence-electron chi connectivity index (χ0n) is 18.3. The monoisotopic (exact) mass is 475 g/mol. The number of amides is 2. The molecule has 33 heavy (non-hydrogen) atoms. The lowest BCUT2D eigenvalue weighted by Gasteiger charge is -2.26. The molecule has 1 aliphatic heterocycles. The number of nitrogens with zero attached hydrogens (tertiary/aromatic N) is 4. The van der Waals surface area contributed by atoms with Gasteiger partial charge in [0.2, 0.25) is 0 Å². The first kappa shape index (κ1) is 24.2. The molecule has 1 fully saturated rings. The molecule has 0 radical (unpaired) electrons. The van der Waals surface area contributed by atoms with Crippen LogP contribution in [0.25, 0.3) is 0 Å². The quantitative estimate of drug-likeness (QED) is 0.250. The zero-order chi connectivity index (χ0) is 24.1. The summed E-state index contributed by atoms with van der Waals surface area (Å²) in [6.07, 6.45) is 3.86. The highest BCUT2D eigenvalue weighted by atomic mass is 32.2. The highest BCUT2D eigenvalue weighted by Gasteiger charge is 2.48. The summed E-state index contributed by atoms with van der Waals surface area (Å²) in [7, 11) is -3.90. The second-order valence-electron chi connectivity index (χ2n) is 7.84. The minimum Gasteiger partial charge on any atom is -0.444 e. The first-order chi connectivity index (χ1) is 15.6. The number of carbonyl (C=O) groups is 2. The van der Waals surface area contributed by atoms with Gasteiger partial charge in [0.1, 0.15) is 6.10 Å². The molecule has 176 valence electrons. The molecule has 0 bridgehead atoms. The number of hydroxylamine groups is 1. The third-order valence-electron chi connectivity index (χ3n) is 5.43. The molecule has 2 atom stereocenters. The number of rotatable bonds is 8. The summed E-state index contributed by atoms with van der Waals surface area (Å²) in [4.78, 5) is 27.3. The predicted molar refractivity (Wildman–Crippen MR) is 118 cm³/mol. The van der Waals surface area contributed by atoms with Crippen molar-refractivity contribution in [1.82, 2.24) is 20.5 Å². The number of aromatic nitrogens is 3. The van der Waals surface area contributed by atoms with Gasteiger partial charge in [-0.25, -0.2) is 18.7 Å². The number of nitrogens with one attached hydrogen (secondary N) is 1. The number of benzene rings is 1. The molecule has 2 heterocycles. The summed E-state index contributed by atoms with van der Waals surface area (Å²) >= 11 is 0. The van der Waals surface area contributed by atoms with E-state index in [1.54, 1.807) is 41.5 Å². The van der Waals surface area contributed by atoms with E-state index in [2.05, 4.69) is 22.0 Å². The molecular weight excluding hydrogens is 450 g/mol. The molecule has 2 unspecified atom stereocenters. The van der Waals surface area contributed by atoms with Gasteiger partial charge in [0.05, 0.1) is 25.5 Å². The fourth-order valence-corrected chi connectivity index (χ4v) is 4.23. The number of cyclic esters (lactones) is 1. The van der Waals surface area contributed by atoms with Gasteiger partial charge in [0, 0.05) is 30.3 Å². The van der Waals surface area contributed by atoms with Gasteiger partial charge < -0.3 is 4.74 Å². The normalized spacial score (nSPS) is 17.6. The smallest absolute Gasteiger partial charge is 0.414 e. The van der Waals surface area contributed by atoms with E-state index in [-0.39, 0.29) is 13.0 Å². The van der Waals surface area contributed by atoms with Gasteiger partial charge in [0.25, 0.3) is 5.91 Å². The van der Waals surface area contributed by atoms with E-state index in [1.165, 1.54) is 17.3 Å². The molecule has 2 amide bonds. The van der Waals surface area contributed by atoms with E-state index in [4.69, 9.17) is 9.94 Å². The summed E-state index contributed by atoms with van der Waals surface area (Å²) in [5.74, 6) is 5.06. The Labute approximate surface area is 191 Å². The second-order valence-corrected chi connectivity index (χ2v) is 10.3. The Morgan fingerprint density at radius 1 is 1.30 bits per heavy atom. The van der Waals surface area contributed by atoms with Gasteiger partial charge >= 0.3 is 6.09 Å². The number of sulfone groups is 1. The third-order valence-corrected chi connectivity index (χ3v) is 7.42. The molecule has 2 N–H and O–H groups in total. The molecule has 1 saturated heterocycles. The van der Waals surface area contributed by atoms with Gasteiger partial charge in [0.15, 0.2) is 14.6 Å². The first-order valence-corrected chi connectivity index (χ1v) is 12.1. The Hall–Kier alpha value is -3.43. The molecule has 12 heteroatoms. The van der Waals surface area contributed by atoms with E-state index in [0.717, 1.165) is 18.2 Å². The van der Waals surface area contributed by atoms with E-state index >= 15 is 0 Å². The fraction of sp³-hybridized carbons (Fsp3) is 0.429. The SMILES string of the molecule is CC(CC1CN(c2ccc(C#CCCCn3nccn3)cc2)C(=O)O1)(C(=O)NO)S(C)(=O)=O. The maximum atomic E-state index is 12.4. The molecule has 1 aromatic carbocycles. The van der Waals surface area contributed by atoms with Crippen molar-refractivity contribution in [3.8, 4) is 11.8 Å². The average Bonchev–Trinajstić information content (AvgIpc) is 3.42. The minimum absolute atomic E-state index is 0.0646. The van der Waals surface area contributed by atoms with E-state index in [1.807, 2.05) is 0 Å². The number of hydrogen-bond acceptors (Lipinski definition) is 8. The van der Waals surface area contributed by atoms with Crippen LogP contribution in [0.1, 0.15) is 31.7 Å². The Morgan fingerprint density at radius 2 is 1.97 bits per heavy atom. The van der Waals surface area contributed by atoms with Crippen LogP contribution in [0.2, 0.25) is 0 Å². The molecule has 11 nitrogen and oxygen atoms in total. The van der Waals surface area contributed by atoms with Crippen LogP contribution in [0.15, 0.2) is 36.7 Å². The van der Waals surface area contributed by atoms with Crippen molar-refractivity contribution >= 4 is 27.5 Å². The van der Waals surface area contributed by atoms with Crippen LogP contribution in [-0.4, -0.2) is 64.3 Å². The topological polar surface area (TPSA) is 144 Å². The molecule has 3 rings (SSSR count). The molecular formula is C21H25N5O6S. The van der Waals surface area contributed by atoms with Gasteiger partial charge in [-0.3, -0.25) is 14.9 Å². The van der Waals surface area contributed by atoms with Crippen LogP contribution in [0.4, 0.5) is 10.5 Å². The van der Waals surface area contributed by atoms with Crippen molar-refractivity contribution in [3.63, 3.8) is 0 Å². The van der Waals surface area contributed by atoms with Crippen LogP contribution >= 0.6 is 0 Å². The number of ether oxygens (including phenoxy) is 1. The Morgan fingerprint density at radius 3 is 2.58 bits per heavy atom. The van der Waals surface area contributed by atoms with Crippen molar-refractivity contribution in [2.24, 2.45) is 0 Å². The van der Waals surface area contributed by atoms with E-state index in [9.17, 15) is 18.0 Å². The van der Waals surface area contributed by atoms with E-state index in [0.29, 0.717) is 18.7 Å². The molecule has 2 aromatic rings. The van der Waals surface area contributed by atoms with Gasteiger partial charge in [-0.2, -0.15) is 15.0 Å². The summed E-state index contributed by atoms with van der Waals surface area (Å²) in [5, 5.41) is 17.0. The van der Waals surface area contributed by atoms with Crippen molar-refractivity contribution in [1.29, 1.82) is 0 Å². The lowest BCUT2D eigenvalue weighted by atomic mass is 10.0. The third kappa shape index (κ3) is 5.68. The van der Waals surface area contributed by atoms with Crippen LogP contribution in [0.5, 0.6) is 0 Å². The Kier molecular flexibility index (Phi) is 7.35. The van der Waals surface area contributed by atoms with E-state index < -0.39 is 32.7 Å². The minimum atomic E-state index is -3.90. The molecule has 1 aliphatic rings. The van der Waals surface area contributed by atoms with Gasteiger partial charge in [-0.15, -0.1) is 0 Å². The summed E-state index contributed by atoms with van der Waals surface area (Å²) < 4.78 is 27.6. The van der Waals surface area contributed by atoms with Crippen LogP contribution in [-0.2, 0) is 25.9 Å². The highest BCUT2D eigenvalue weighted by molar-refractivity contribution is 7.92. The van der Waals surface area contributed by atoms with Crippen molar-refractivity contribution in [3.05, 3.63) is 42.2 Å². The standard InChI is InChI=1S/C21H25N5O6S/c1-21(19(27)24-29,33(2,30)31)14-18-15-25(20(28)32-18)17-9-7-16(8-10-17)6-4-3-5-13-26-22-11-12-23-26/h7-12,18,29H,3,5,13-15H2,1-2H3,(H,24,27). The molecule has 0 spiro atoms. The predicted octanol–water partition coefficient (Wildman–Crippen LogP) is 1.13. The van der Waals surface area contributed by atoms with Crippen molar-refractivity contribution < 1.29 is 28.0 Å². The summed E-state index contributed by atoms with van der Waals surface area (Å²) in [5.41, 5.74) is 2.73. The Bertz CT molecular complexity index is 1150. The average molecular weight is 476 g/mol. The first-order valence-electron chi connectivity index (χ1n) is 10.2. The van der Waals surface area contributed by atoms with Crippen molar-refractivity contribution in [2.75, 3.05) is 17.7 Å². The highest BCUT2D eigenvalue weighted by Crippen LogP contribution is 2.30. The lowest BCUT2D eigenvalue weighted by Crippen LogP contribution is -2.51. The zero-order valence-corrected chi connectivity index (χ0v) is 19.1. The lowest BCUT2D eigenvalue weighted by molar-refractivity contribution is -0.132. The van der Waals surface area contributed by atoms with Gasteiger partial charge in [-0.05, 0) is 37.6 Å². The molecule has 1 aromatic heterocycles. The maximum Gasteiger partial charge on any atom is 0.414 e. The number of carbonyl (C=O) groups excluding carboxylic acids is 2. The summed E-state index contributed by atoms with van der Waals surface area (Å²) in [6.45, 7) is 1.94. The molecule has 0 saturated carbocycles. The van der Waals surface area contributed by atoms with Crippen LogP contribution < -0.4 is 10.4 Å². The van der Waals surface area contributed by atoms with Crippen LogP contribution in [0.3, 0.4) is 0 Å². The maximum absolute atomic E-state index is 12.4. The number of anilines is 1. The largest absolute Gasteiger partial charge is 0.444 e. The Balaban J connectivity index is 1.60.